The SMILES string of the molecule is CCCNCCc1nnc(-c2csnn2)o1. The van der Waals surface area contributed by atoms with Crippen molar-refractivity contribution in [1.82, 2.24) is 25.1 Å². The van der Waals surface area contributed by atoms with Crippen molar-refractivity contribution in [2.45, 2.75) is 19.8 Å². The Balaban J connectivity index is 1.88. The van der Waals surface area contributed by atoms with Gasteiger partial charge in [-0.25, -0.2) is 0 Å². The highest BCUT2D eigenvalue weighted by atomic mass is 32.1. The fourth-order valence-electron chi connectivity index (χ4n) is 1.21. The Morgan fingerprint density at radius 2 is 2.25 bits per heavy atom. The first-order chi connectivity index (χ1) is 7.90. The third-order valence-corrected chi connectivity index (χ3v) is 2.49. The van der Waals surface area contributed by atoms with Crippen molar-refractivity contribution < 1.29 is 4.42 Å². The van der Waals surface area contributed by atoms with Gasteiger partial charge < -0.3 is 9.73 Å². The van der Waals surface area contributed by atoms with Crippen molar-refractivity contribution in [2.75, 3.05) is 13.1 Å². The average molecular weight is 239 g/mol. The van der Waals surface area contributed by atoms with Gasteiger partial charge in [-0.3, -0.25) is 0 Å². The second kappa shape index (κ2) is 5.66. The predicted molar refractivity (Wildman–Crippen MR) is 60.1 cm³/mol. The zero-order valence-corrected chi connectivity index (χ0v) is 9.83. The third kappa shape index (κ3) is 2.83. The number of nitrogens with zero attached hydrogens (tertiary/aromatic N) is 4. The summed E-state index contributed by atoms with van der Waals surface area (Å²) in [5.41, 5.74) is 0.644. The Kier molecular flexibility index (Phi) is 3.95. The molecule has 0 radical (unpaired) electrons. The number of aromatic nitrogens is 4. The molecule has 2 aromatic heterocycles. The highest BCUT2D eigenvalue weighted by Gasteiger charge is 2.10. The molecule has 2 heterocycles. The van der Waals surface area contributed by atoms with Crippen molar-refractivity contribution in [3.05, 3.63) is 11.3 Å². The van der Waals surface area contributed by atoms with E-state index in [1.165, 1.54) is 11.5 Å². The van der Waals surface area contributed by atoms with Gasteiger partial charge in [-0.2, -0.15) is 0 Å². The van der Waals surface area contributed by atoms with Gasteiger partial charge in [0.25, 0.3) is 5.89 Å². The van der Waals surface area contributed by atoms with Gasteiger partial charge in [-0.05, 0) is 24.5 Å². The summed E-state index contributed by atoms with van der Waals surface area (Å²) in [7, 11) is 0. The summed E-state index contributed by atoms with van der Waals surface area (Å²) in [4.78, 5) is 0. The molecule has 0 aliphatic heterocycles. The number of rotatable bonds is 6. The van der Waals surface area contributed by atoms with Crippen molar-refractivity contribution in [2.24, 2.45) is 0 Å². The maximum absolute atomic E-state index is 5.45. The summed E-state index contributed by atoms with van der Waals surface area (Å²) in [5, 5.41) is 16.8. The van der Waals surface area contributed by atoms with Crippen LogP contribution < -0.4 is 5.32 Å². The Bertz CT molecular complexity index is 413. The summed E-state index contributed by atoms with van der Waals surface area (Å²) in [6, 6.07) is 0. The molecule has 0 fully saturated rings. The maximum Gasteiger partial charge on any atom is 0.269 e. The largest absolute Gasteiger partial charge is 0.419 e. The first kappa shape index (κ1) is 11.2. The molecule has 0 aliphatic rings. The lowest BCUT2D eigenvalue weighted by molar-refractivity contribution is 0.493. The minimum Gasteiger partial charge on any atom is -0.419 e. The van der Waals surface area contributed by atoms with Gasteiger partial charge in [0, 0.05) is 18.3 Å². The minimum absolute atomic E-state index is 0.444. The van der Waals surface area contributed by atoms with Crippen molar-refractivity contribution in [3.63, 3.8) is 0 Å². The van der Waals surface area contributed by atoms with Crippen LogP contribution in [-0.2, 0) is 6.42 Å². The molecule has 86 valence electrons. The van der Waals surface area contributed by atoms with Crippen LogP contribution in [0.3, 0.4) is 0 Å². The smallest absolute Gasteiger partial charge is 0.269 e. The molecule has 0 unspecified atom stereocenters. The van der Waals surface area contributed by atoms with Crippen LogP contribution in [0.15, 0.2) is 9.80 Å². The first-order valence-corrected chi connectivity index (χ1v) is 6.04. The molecule has 2 rings (SSSR count). The quantitative estimate of drug-likeness (QED) is 0.761. The Morgan fingerprint density at radius 3 is 3.00 bits per heavy atom. The summed E-state index contributed by atoms with van der Waals surface area (Å²) in [5.74, 6) is 1.07. The van der Waals surface area contributed by atoms with E-state index in [9.17, 15) is 0 Å². The Morgan fingerprint density at radius 1 is 1.31 bits per heavy atom. The molecular formula is C9H13N5OS. The molecule has 6 nitrogen and oxygen atoms in total. The Hall–Kier alpha value is -1.34. The van der Waals surface area contributed by atoms with Gasteiger partial charge in [0.2, 0.25) is 5.89 Å². The zero-order chi connectivity index (χ0) is 11.2. The standard InChI is InChI=1S/C9H13N5OS/c1-2-4-10-5-3-8-12-13-9(15-8)7-6-16-14-11-7/h6,10H,2-5H2,1H3. The second-order valence-corrected chi connectivity index (χ2v) is 3.90. The summed E-state index contributed by atoms with van der Waals surface area (Å²) in [6.07, 6.45) is 1.87. The minimum atomic E-state index is 0.444. The molecule has 0 bridgehead atoms. The number of nitrogens with one attached hydrogen (secondary N) is 1. The van der Waals surface area contributed by atoms with Gasteiger partial charge in [0.15, 0.2) is 5.69 Å². The van der Waals surface area contributed by atoms with E-state index in [0.29, 0.717) is 17.5 Å². The van der Waals surface area contributed by atoms with Gasteiger partial charge in [0.05, 0.1) is 0 Å². The molecule has 0 saturated heterocycles. The van der Waals surface area contributed by atoms with Crippen LogP contribution in [-0.4, -0.2) is 32.9 Å². The lowest BCUT2D eigenvalue weighted by Crippen LogP contribution is -2.17. The average Bonchev–Trinajstić information content (AvgIpc) is 2.94. The predicted octanol–water partition coefficient (Wildman–Crippen LogP) is 1.13. The van der Waals surface area contributed by atoms with E-state index in [0.717, 1.165) is 25.9 Å². The highest BCUT2D eigenvalue weighted by molar-refractivity contribution is 7.03. The monoisotopic (exact) mass is 239 g/mol. The lowest BCUT2D eigenvalue weighted by Gasteiger charge is -1.98. The van der Waals surface area contributed by atoms with Gasteiger partial charge in [-0.1, -0.05) is 11.4 Å². The molecule has 1 N–H and O–H groups in total. The molecule has 0 aromatic carbocycles. The lowest BCUT2D eigenvalue weighted by atomic mass is 10.4. The molecule has 0 amide bonds. The van der Waals surface area contributed by atoms with Crippen molar-refractivity contribution in [1.29, 1.82) is 0 Å². The molecule has 0 spiro atoms. The molecule has 0 saturated carbocycles. The van der Waals surface area contributed by atoms with E-state index < -0.39 is 0 Å². The molecule has 0 aliphatic carbocycles. The van der Waals surface area contributed by atoms with Crippen LogP contribution in [0.4, 0.5) is 0 Å². The topological polar surface area (TPSA) is 76.7 Å². The maximum atomic E-state index is 5.45. The second-order valence-electron chi connectivity index (χ2n) is 3.29. The Labute approximate surface area is 97.3 Å². The van der Waals surface area contributed by atoms with Gasteiger partial charge >= 0.3 is 0 Å². The van der Waals surface area contributed by atoms with E-state index in [1.54, 1.807) is 5.38 Å². The van der Waals surface area contributed by atoms with E-state index in [-0.39, 0.29) is 0 Å². The van der Waals surface area contributed by atoms with Crippen molar-refractivity contribution >= 4 is 11.5 Å². The molecule has 2 aromatic rings. The molecule has 7 heteroatoms. The van der Waals surface area contributed by atoms with Crippen LogP contribution in [0.5, 0.6) is 0 Å². The van der Waals surface area contributed by atoms with Gasteiger partial charge in [0.1, 0.15) is 0 Å². The van der Waals surface area contributed by atoms with E-state index in [1.807, 2.05) is 0 Å². The van der Waals surface area contributed by atoms with E-state index >= 15 is 0 Å². The number of hydrogen-bond acceptors (Lipinski definition) is 7. The number of hydrogen-bond donors (Lipinski definition) is 1. The first-order valence-electron chi connectivity index (χ1n) is 5.20. The summed E-state index contributed by atoms with van der Waals surface area (Å²) >= 11 is 1.27. The highest BCUT2D eigenvalue weighted by Crippen LogP contribution is 2.15. The van der Waals surface area contributed by atoms with Crippen LogP contribution in [0.1, 0.15) is 19.2 Å². The van der Waals surface area contributed by atoms with Crippen LogP contribution >= 0.6 is 11.5 Å². The normalized spacial score (nSPS) is 10.8. The van der Waals surface area contributed by atoms with E-state index in [4.69, 9.17) is 4.42 Å². The molecule has 0 atom stereocenters. The fourth-order valence-corrected chi connectivity index (χ4v) is 1.64. The van der Waals surface area contributed by atoms with Gasteiger partial charge in [-0.15, -0.1) is 15.3 Å². The van der Waals surface area contributed by atoms with Crippen LogP contribution in [0.25, 0.3) is 11.6 Å². The molecule has 16 heavy (non-hydrogen) atoms. The van der Waals surface area contributed by atoms with Crippen molar-refractivity contribution in [3.8, 4) is 11.6 Å². The summed E-state index contributed by atoms with van der Waals surface area (Å²) in [6.45, 7) is 3.99. The van der Waals surface area contributed by atoms with Crippen LogP contribution in [0.2, 0.25) is 0 Å². The van der Waals surface area contributed by atoms with E-state index in [2.05, 4.69) is 32.0 Å². The summed E-state index contributed by atoms with van der Waals surface area (Å²) < 4.78 is 9.20. The third-order valence-electron chi connectivity index (χ3n) is 1.99. The zero-order valence-electron chi connectivity index (χ0n) is 9.01. The molecular weight excluding hydrogens is 226 g/mol. The van der Waals surface area contributed by atoms with Crippen LogP contribution in [0, 0.1) is 0 Å². The fraction of sp³-hybridized carbons (Fsp3) is 0.556.